The summed E-state index contributed by atoms with van der Waals surface area (Å²) in [6, 6.07) is 1.68. The highest BCUT2D eigenvalue weighted by Gasteiger charge is 2.52. The van der Waals surface area contributed by atoms with Crippen molar-refractivity contribution in [1.82, 2.24) is 19.9 Å². The van der Waals surface area contributed by atoms with Gasteiger partial charge in [-0.25, -0.2) is 14.4 Å². The lowest BCUT2D eigenvalue weighted by Crippen LogP contribution is -2.51. The van der Waals surface area contributed by atoms with Crippen molar-refractivity contribution in [3.8, 4) is 11.5 Å². The molecule has 2 atom stereocenters. The van der Waals surface area contributed by atoms with E-state index in [1.54, 1.807) is 17.2 Å². The minimum atomic E-state index is -1.39. The largest absolute Gasteiger partial charge is 0.453 e. The summed E-state index contributed by atoms with van der Waals surface area (Å²) in [4.78, 5) is 26.2. The van der Waals surface area contributed by atoms with Crippen LogP contribution in [-0.4, -0.2) is 45.3 Å². The number of primary amides is 1. The Morgan fingerprint density at radius 2 is 2.15 bits per heavy atom. The predicted octanol–water partition coefficient (Wildman–Crippen LogP) is 1.18. The molecule has 0 radical (unpaired) electrons. The van der Waals surface area contributed by atoms with E-state index in [0.29, 0.717) is 22.8 Å². The number of aromatic nitrogens is 3. The van der Waals surface area contributed by atoms with Gasteiger partial charge in [0, 0.05) is 49.7 Å². The number of hydrogen-bond donors (Lipinski definition) is 1. The number of nitrogens with zero attached hydrogens (tertiary/aromatic N) is 4. The quantitative estimate of drug-likeness (QED) is 0.795. The maximum atomic E-state index is 14.4. The van der Waals surface area contributed by atoms with Crippen LogP contribution in [0.4, 0.5) is 4.39 Å². The van der Waals surface area contributed by atoms with Crippen LogP contribution in [0, 0.1) is 0 Å². The summed E-state index contributed by atoms with van der Waals surface area (Å²) in [5.74, 6) is 0.361. The highest BCUT2D eigenvalue weighted by atomic mass is 35.5. The average Bonchev–Trinajstić information content (AvgIpc) is 3.21. The van der Waals surface area contributed by atoms with Gasteiger partial charge in [0.05, 0.1) is 0 Å². The van der Waals surface area contributed by atoms with Crippen molar-refractivity contribution in [2.75, 3.05) is 13.3 Å². The van der Waals surface area contributed by atoms with Gasteiger partial charge in [-0.3, -0.25) is 14.7 Å². The molecular formula is C16H15ClFN5O3. The Bertz CT molecular complexity index is 852. The van der Waals surface area contributed by atoms with Crippen LogP contribution in [0.25, 0.3) is 0 Å². The fraction of sp³-hybridized carbons (Fsp3) is 0.375. The Hall–Kier alpha value is -2.52. The normalized spacial score (nSPS) is 24.8. The minimum absolute atomic E-state index is 0.0117. The lowest BCUT2D eigenvalue weighted by molar-refractivity contribution is -0.129. The summed E-state index contributed by atoms with van der Waals surface area (Å²) in [5, 5.41) is 0.0304. The molecule has 1 saturated heterocycles. The van der Waals surface area contributed by atoms with E-state index in [1.165, 1.54) is 12.4 Å². The molecule has 2 aromatic heterocycles. The van der Waals surface area contributed by atoms with Gasteiger partial charge in [0.25, 0.3) is 0 Å². The molecule has 1 fully saturated rings. The number of hydrogen-bond acceptors (Lipinski definition) is 7. The fourth-order valence-corrected chi connectivity index (χ4v) is 3.62. The smallest absolute Gasteiger partial charge is 0.242 e. The zero-order valence-electron chi connectivity index (χ0n) is 13.6. The summed E-state index contributed by atoms with van der Waals surface area (Å²) in [6.45, 7) is 0.252. The predicted molar refractivity (Wildman–Crippen MR) is 88.2 cm³/mol. The van der Waals surface area contributed by atoms with Crippen molar-refractivity contribution in [3.05, 3.63) is 41.2 Å². The van der Waals surface area contributed by atoms with E-state index in [-0.39, 0.29) is 31.6 Å². The fourth-order valence-electron chi connectivity index (χ4n) is 3.52. The zero-order valence-corrected chi connectivity index (χ0v) is 14.3. The zero-order chi connectivity index (χ0) is 18.3. The number of rotatable bonds is 4. The summed E-state index contributed by atoms with van der Waals surface area (Å²) in [5.41, 5.74) is 5.24. The molecule has 0 spiro atoms. The Labute approximate surface area is 153 Å². The van der Waals surface area contributed by atoms with Gasteiger partial charge in [0.1, 0.15) is 17.4 Å². The second kappa shape index (κ2) is 6.33. The van der Waals surface area contributed by atoms with Gasteiger partial charge < -0.3 is 15.2 Å². The Balaban J connectivity index is 1.75. The Kier molecular flexibility index (Phi) is 4.12. The first-order valence-corrected chi connectivity index (χ1v) is 8.29. The first-order chi connectivity index (χ1) is 12.5. The van der Waals surface area contributed by atoms with Crippen LogP contribution in [0.1, 0.15) is 17.7 Å². The highest BCUT2D eigenvalue weighted by molar-refractivity contribution is 6.28. The molecule has 2 aliphatic heterocycles. The number of halogens is 2. The molecule has 1 amide bonds. The van der Waals surface area contributed by atoms with Crippen LogP contribution in [0.15, 0.2) is 24.7 Å². The summed E-state index contributed by atoms with van der Waals surface area (Å²) < 4.78 is 25.2. The topological polar surface area (TPSA) is 103 Å². The number of fused-ring (bicyclic) bond motifs is 1. The van der Waals surface area contributed by atoms with E-state index in [0.717, 1.165) is 0 Å². The molecule has 2 unspecified atom stereocenters. The van der Waals surface area contributed by atoms with E-state index in [9.17, 15) is 9.18 Å². The maximum absolute atomic E-state index is 14.4. The minimum Gasteiger partial charge on any atom is -0.453 e. The van der Waals surface area contributed by atoms with Crippen molar-refractivity contribution in [3.63, 3.8) is 0 Å². The number of amides is 1. The molecule has 4 heterocycles. The van der Waals surface area contributed by atoms with Crippen molar-refractivity contribution in [2.45, 2.75) is 24.7 Å². The molecule has 2 N–H and O–H groups in total. The monoisotopic (exact) mass is 379 g/mol. The molecule has 2 aromatic rings. The molecule has 136 valence electrons. The molecule has 4 rings (SSSR count). The first-order valence-electron chi connectivity index (χ1n) is 7.91. The van der Waals surface area contributed by atoms with E-state index in [1.807, 2.05) is 0 Å². The van der Waals surface area contributed by atoms with Gasteiger partial charge in [0.15, 0.2) is 11.5 Å². The number of likely N-dealkylation sites (tertiary alicyclic amines) is 1. The van der Waals surface area contributed by atoms with Gasteiger partial charge >= 0.3 is 0 Å². The number of carbonyl (C=O) groups is 1. The molecular weight excluding hydrogens is 365 g/mol. The van der Waals surface area contributed by atoms with Crippen LogP contribution in [-0.2, 0) is 16.9 Å². The molecule has 8 nitrogen and oxygen atoms in total. The molecule has 26 heavy (non-hydrogen) atoms. The summed E-state index contributed by atoms with van der Waals surface area (Å²) >= 11 is 5.74. The van der Waals surface area contributed by atoms with Crippen LogP contribution in [0.3, 0.4) is 0 Å². The standard InChI is InChI=1S/C16H15ClFN5O3/c17-15-21-4-9(5-22-15)16(14(19)24)3-10(18)6-23(16)7-11-13-12(1-2-20-11)25-8-26-13/h1-2,4-5,10H,3,6-8H2,(H2,19,24). The van der Waals surface area contributed by atoms with E-state index < -0.39 is 17.6 Å². The molecule has 0 aliphatic carbocycles. The van der Waals surface area contributed by atoms with Crippen LogP contribution >= 0.6 is 11.6 Å². The second-order valence-corrected chi connectivity index (χ2v) is 6.48. The van der Waals surface area contributed by atoms with Crippen molar-refractivity contribution in [2.24, 2.45) is 5.73 Å². The third-order valence-electron chi connectivity index (χ3n) is 4.68. The van der Waals surface area contributed by atoms with Crippen LogP contribution in [0.5, 0.6) is 11.5 Å². The first kappa shape index (κ1) is 16.9. The maximum Gasteiger partial charge on any atom is 0.242 e. The van der Waals surface area contributed by atoms with Gasteiger partial charge in [-0.05, 0) is 11.6 Å². The van der Waals surface area contributed by atoms with Crippen LogP contribution < -0.4 is 15.2 Å². The van der Waals surface area contributed by atoms with Crippen molar-refractivity contribution < 1.29 is 18.7 Å². The van der Waals surface area contributed by atoms with E-state index in [2.05, 4.69) is 15.0 Å². The molecule has 2 aliphatic rings. The molecule has 0 bridgehead atoms. The lowest BCUT2D eigenvalue weighted by Gasteiger charge is -2.35. The third kappa shape index (κ3) is 2.63. The molecule has 0 aromatic carbocycles. The van der Waals surface area contributed by atoms with Gasteiger partial charge in [0.2, 0.25) is 18.0 Å². The molecule has 10 heteroatoms. The molecule has 0 saturated carbocycles. The Morgan fingerprint density at radius 3 is 2.88 bits per heavy atom. The van der Waals surface area contributed by atoms with E-state index >= 15 is 0 Å². The SMILES string of the molecule is NC(=O)C1(c2cnc(Cl)nc2)CC(F)CN1Cc1nccc2c1OCO2. The van der Waals surface area contributed by atoms with Crippen molar-refractivity contribution in [1.29, 1.82) is 0 Å². The van der Waals surface area contributed by atoms with E-state index in [4.69, 9.17) is 26.8 Å². The van der Waals surface area contributed by atoms with Crippen molar-refractivity contribution >= 4 is 17.5 Å². The lowest BCUT2D eigenvalue weighted by atomic mass is 9.87. The summed E-state index contributed by atoms with van der Waals surface area (Å²) in [7, 11) is 0. The number of nitrogens with two attached hydrogens (primary N) is 1. The second-order valence-electron chi connectivity index (χ2n) is 6.14. The number of pyridine rings is 1. The average molecular weight is 380 g/mol. The number of ether oxygens (including phenoxy) is 2. The Morgan fingerprint density at radius 1 is 1.38 bits per heavy atom. The third-order valence-corrected chi connectivity index (χ3v) is 4.88. The summed E-state index contributed by atoms with van der Waals surface area (Å²) in [6.07, 6.45) is 3.02. The van der Waals surface area contributed by atoms with Gasteiger partial charge in [-0.15, -0.1) is 0 Å². The van der Waals surface area contributed by atoms with Gasteiger partial charge in [-0.1, -0.05) is 0 Å². The number of carbonyl (C=O) groups excluding carboxylic acids is 1. The van der Waals surface area contributed by atoms with Gasteiger partial charge in [-0.2, -0.15) is 0 Å². The van der Waals surface area contributed by atoms with Crippen LogP contribution in [0.2, 0.25) is 5.28 Å². The highest BCUT2D eigenvalue weighted by Crippen LogP contribution is 2.42. The number of alkyl halides is 1.